The first kappa shape index (κ1) is 21.1. The van der Waals surface area contributed by atoms with E-state index in [1.165, 1.54) is 20.3 Å². The van der Waals surface area contributed by atoms with E-state index in [9.17, 15) is 19.4 Å². The van der Waals surface area contributed by atoms with Crippen LogP contribution in [0, 0.1) is 11.2 Å². The lowest BCUT2D eigenvalue weighted by Crippen LogP contribution is -2.56. The molecule has 0 spiro atoms. The fourth-order valence-corrected chi connectivity index (χ4v) is 3.98. The zero-order valence-corrected chi connectivity index (χ0v) is 16.6. The van der Waals surface area contributed by atoms with Gasteiger partial charge in [0.2, 0.25) is 0 Å². The topological polar surface area (TPSA) is 79.2 Å². The van der Waals surface area contributed by atoms with Crippen molar-refractivity contribution in [3.63, 3.8) is 0 Å². The van der Waals surface area contributed by atoms with Crippen LogP contribution in [0.15, 0.2) is 42.5 Å². The fourth-order valence-electron chi connectivity index (χ4n) is 3.98. The molecule has 29 heavy (non-hydrogen) atoms. The molecule has 1 aliphatic rings. The number of carbonyl (C=O) groups is 1. The smallest absolute Gasteiger partial charge is 0.313 e. The lowest BCUT2D eigenvalue weighted by molar-refractivity contribution is -0.163. The van der Waals surface area contributed by atoms with Gasteiger partial charge in [0.1, 0.15) is 11.2 Å². The predicted molar refractivity (Wildman–Crippen MR) is 106 cm³/mol. The van der Waals surface area contributed by atoms with E-state index in [-0.39, 0.29) is 19.5 Å². The van der Waals surface area contributed by atoms with Crippen LogP contribution in [-0.4, -0.2) is 54.5 Å². The first-order chi connectivity index (χ1) is 13.9. The van der Waals surface area contributed by atoms with Crippen molar-refractivity contribution in [2.45, 2.75) is 25.5 Å². The van der Waals surface area contributed by atoms with Gasteiger partial charge in [-0.2, -0.15) is 0 Å². The molecule has 0 amide bonds. The van der Waals surface area contributed by atoms with Crippen LogP contribution in [0.5, 0.6) is 11.5 Å². The van der Waals surface area contributed by atoms with Gasteiger partial charge in [-0.3, -0.25) is 9.69 Å². The van der Waals surface area contributed by atoms with E-state index in [0.29, 0.717) is 30.0 Å². The van der Waals surface area contributed by atoms with E-state index in [4.69, 9.17) is 9.47 Å². The molecule has 0 bridgehead atoms. The number of likely N-dealkylation sites (tertiary alicyclic amines) is 1. The highest BCUT2D eigenvalue weighted by Gasteiger charge is 2.49. The molecule has 0 aliphatic carbocycles. The second kappa shape index (κ2) is 8.80. The average Bonchev–Trinajstić information content (AvgIpc) is 2.72. The number of carboxylic acids is 1. The van der Waals surface area contributed by atoms with Gasteiger partial charge in [-0.15, -0.1) is 0 Å². The van der Waals surface area contributed by atoms with Crippen molar-refractivity contribution in [2.75, 3.05) is 27.3 Å². The van der Waals surface area contributed by atoms with Crippen LogP contribution in [-0.2, 0) is 17.8 Å². The quantitative estimate of drug-likeness (QED) is 0.740. The van der Waals surface area contributed by atoms with E-state index >= 15 is 0 Å². The second-order valence-corrected chi connectivity index (χ2v) is 7.44. The molecule has 1 fully saturated rings. The summed E-state index contributed by atoms with van der Waals surface area (Å²) in [7, 11) is 2.92. The van der Waals surface area contributed by atoms with Crippen molar-refractivity contribution >= 4 is 5.97 Å². The Bertz CT molecular complexity index is 860. The van der Waals surface area contributed by atoms with Crippen molar-refractivity contribution in [1.82, 2.24) is 4.90 Å². The van der Waals surface area contributed by atoms with Gasteiger partial charge >= 0.3 is 5.97 Å². The number of hydrogen-bond acceptors (Lipinski definition) is 5. The molecule has 2 atom stereocenters. The largest absolute Gasteiger partial charge is 0.493 e. The maximum Gasteiger partial charge on any atom is 0.313 e. The Hall–Kier alpha value is -2.64. The zero-order valence-electron chi connectivity index (χ0n) is 16.6. The first-order valence-corrected chi connectivity index (χ1v) is 9.47. The number of aliphatic hydroxyl groups is 1. The van der Waals surface area contributed by atoms with Crippen LogP contribution >= 0.6 is 0 Å². The van der Waals surface area contributed by atoms with Gasteiger partial charge in [-0.25, -0.2) is 4.39 Å². The van der Waals surface area contributed by atoms with Crippen LogP contribution in [0.3, 0.4) is 0 Å². The second-order valence-electron chi connectivity index (χ2n) is 7.44. The number of methoxy groups -OCH3 is 2. The Morgan fingerprint density at radius 3 is 2.48 bits per heavy atom. The van der Waals surface area contributed by atoms with Crippen LogP contribution < -0.4 is 9.47 Å². The highest BCUT2D eigenvalue weighted by atomic mass is 19.1. The van der Waals surface area contributed by atoms with Gasteiger partial charge < -0.3 is 19.7 Å². The molecular formula is C22H26FNO5. The number of aliphatic hydroxyl groups excluding tert-OH is 1. The van der Waals surface area contributed by atoms with Crippen LogP contribution in [0.25, 0.3) is 0 Å². The van der Waals surface area contributed by atoms with E-state index in [1.807, 2.05) is 35.2 Å². The molecule has 0 unspecified atom stereocenters. The fraction of sp³-hybridized carbons (Fsp3) is 0.409. The van der Waals surface area contributed by atoms with Crippen molar-refractivity contribution < 1.29 is 28.9 Å². The minimum atomic E-state index is -1.35. The maximum absolute atomic E-state index is 14.6. The summed E-state index contributed by atoms with van der Waals surface area (Å²) in [6.45, 7) is 0.799. The Morgan fingerprint density at radius 2 is 1.86 bits per heavy atom. The van der Waals surface area contributed by atoms with Crippen molar-refractivity contribution in [3.8, 4) is 11.5 Å². The van der Waals surface area contributed by atoms with E-state index in [1.54, 1.807) is 6.07 Å². The monoisotopic (exact) mass is 403 g/mol. The number of hydrogen-bond donors (Lipinski definition) is 2. The van der Waals surface area contributed by atoms with Gasteiger partial charge in [0.05, 0.1) is 20.3 Å². The molecule has 1 aliphatic heterocycles. The zero-order chi connectivity index (χ0) is 21.0. The van der Waals surface area contributed by atoms with Crippen LogP contribution in [0.4, 0.5) is 4.39 Å². The third-order valence-corrected chi connectivity index (χ3v) is 5.60. The number of rotatable bonds is 7. The molecule has 7 heteroatoms. The standard InChI is InChI=1S/C22H26FNO5/c1-28-18-10-16(17(23)11-19(18)29-2)13-24-9-8-20(25)22(14-24,21(26)27)12-15-6-4-3-5-7-15/h3-7,10-11,20,25H,8-9,12-14H2,1-2H3,(H,26,27)/t20-,22-/m0/s1. The Balaban J connectivity index is 1.86. The predicted octanol–water partition coefficient (Wildman–Crippen LogP) is 2.72. The van der Waals surface area contributed by atoms with Gasteiger partial charge in [-0.05, 0) is 24.5 Å². The number of ether oxygens (including phenoxy) is 2. The Morgan fingerprint density at radius 1 is 1.21 bits per heavy atom. The van der Waals surface area contributed by atoms with Crippen molar-refractivity contribution in [1.29, 1.82) is 0 Å². The molecule has 2 aromatic rings. The normalized spacial score (nSPS) is 22.3. The summed E-state index contributed by atoms with van der Waals surface area (Å²) < 4.78 is 24.9. The summed E-state index contributed by atoms with van der Waals surface area (Å²) in [4.78, 5) is 14.1. The molecule has 2 N–H and O–H groups in total. The Labute approximate surface area is 169 Å². The molecule has 1 heterocycles. The molecule has 0 saturated carbocycles. The van der Waals surface area contributed by atoms with Gasteiger partial charge in [0.15, 0.2) is 11.5 Å². The van der Waals surface area contributed by atoms with E-state index in [2.05, 4.69) is 0 Å². The third kappa shape index (κ3) is 4.36. The highest BCUT2D eigenvalue weighted by molar-refractivity contribution is 5.76. The summed E-state index contributed by atoms with van der Waals surface area (Å²) in [5.41, 5.74) is -0.127. The van der Waals surface area contributed by atoms with Crippen LogP contribution in [0.1, 0.15) is 17.5 Å². The molecule has 1 saturated heterocycles. The summed E-state index contributed by atoms with van der Waals surface area (Å²) in [5, 5.41) is 20.6. The molecule has 3 rings (SSSR count). The summed E-state index contributed by atoms with van der Waals surface area (Å²) in [6, 6.07) is 12.1. The van der Waals surface area contributed by atoms with E-state index in [0.717, 1.165) is 5.56 Å². The number of aliphatic carboxylic acids is 1. The molecule has 0 aromatic heterocycles. The average molecular weight is 403 g/mol. The minimum Gasteiger partial charge on any atom is -0.493 e. The summed E-state index contributed by atoms with van der Waals surface area (Å²) in [5.74, 6) is -0.786. The van der Waals surface area contributed by atoms with Crippen molar-refractivity contribution in [2.24, 2.45) is 5.41 Å². The lowest BCUT2D eigenvalue weighted by Gasteiger charge is -2.43. The highest BCUT2D eigenvalue weighted by Crippen LogP contribution is 2.36. The van der Waals surface area contributed by atoms with Crippen molar-refractivity contribution in [3.05, 3.63) is 59.4 Å². The number of piperidine rings is 1. The maximum atomic E-state index is 14.6. The number of halogens is 1. The SMILES string of the molecule is COc1cc(F)c(CN2CC[C@H](O)[C@@](Cc3ccccc3)(C(=O)O)C2)cc1OC. The van der Waals surface area contributed by atoms with Gasteiger partial charge in [0, 0.05) is 31.3 Å². The lowest BCUT2D eigenvalue weighted by atomic mass is 9.72. The molecular weight excluding hydrogens is 377 g/mol. The van der Waals surface area contributed by atoms with Gasteiger partial charge in [0.25, 0.3) is 0 Å². The summed E-state index contributed by atoms with van der Waals surface area (Å²) >= 11 is 0. The third-order valence-electron chi connectivity index (χ3n) is 5.60. The number of carboxylic acid groups (broad SMARTS) is 1. The molecule has 0 radical (unpaired) electrons. The molecule has 156 valence electrons. The number of nitrogens with zero attached hydrogens (tertiary/aromatic N) is 1. The summed E-state index contributed by atoms with van der Waals surface area (Å²) in [6.07, 6.45) is -0.477. The van der Waals surface area contributed by atoms with E-state index < -0.39 is 23.3 Å². The number of benzene rings is 2. The minimum absolute atomic E-state index is 0.117. The van der Waals surface area contributed by atoms with Crippen LogP contribution in [0.2, 0.25) is 0 Å². The Kier molecular flexibility index (Phi) is 6.39. The molecule has 2 aromatic carbocycles. The van der Waals surface area contributed by atoms with Gasteiger partial charge in [-0.1, -0.05) is 30.3 Å². The first-order valence-electron chi connectivity index (χ1n) is 9.47. The molecule has 6 nitrogen and oxygen atoms in total.